The van der Waals surface area contributed by atoms with E-state index in [2.05, 4.69) is 33.0 Å². The predicted octanol–water partition coefficient (Wildman–Crippen LogP) is 0.670. The third-order valence-corrected chi connectivity index (χ3v) is 5.68. The van der Waals surface area contributed by atoms with Crippen LogP contribution in [0.5, 0.6) is 0 Å². The maximum absolute atomic E-state index is 12.8. The normalized spacial score (nSPS) is 14.9. The highest BCUT2D eigenvalue weighted by Gasteiger charge is 2.25. The van der Waals surface area contributed by atoms with Gasteiger partial charge in [0.15, 0.2) is 11.2 Å². The molecule has 0 atom stereocenters. The van der Waals surface area contributed by atoms with Gasteiger partial charge >= 0.3 is 5.69 Å². The molecule has 9 nitrogen and oxygen atoms in total. The second-order valence-electron chi connectivity index (χ2n) is 7.60. The number of hydrogen-bond acceptors (Lipinski definition) is 6. The zero-order valence-corrected chi connectivity index (χ0v) is 17.3. The van der Waals surface area contributed by atoms with Crippen LogP contribution in [0.1, 0.15) is 12.0 Å². The van der Waals surface area contributed by atoms with Gasteiger partial charge in [-0.2, -0.15) is 10.2 Å². The van der Waals surface area contributed by atoms with Gasteiger partial charge < -0.3 is 9.47 Å². The molecule has 1 aliphatic heterocycles. The lowest BCUT2D eigenvalue weighted by molar-refractivity contribution is 0.248. The van der Waals surface area contributed by atoms with Crippen LogP contribution < -0.4 is 16.1 Å². The summed E-state index contributed by atoms with van der Waals surface area (Å²) in [5.74, 6) is 0.651. The largest absolute Gasteiger partial charge is 0.340 e. The number of fused-ring (bicyclic) bond motifs is 1. The van der Waals surface area contributed by atoms with Gasteiger partial charge in [0.25, 0.3) is 5.56 Å². The number of nitriles is 1. The number of aryl methyl sites for hydroxylation is 2. The molecule has 0 aliphatic carbocycles. The fourth-order valence-corrected chi connectivity index (χ4v) is 4.00. The molecular formula is C21H25N7O2. The van der Waals surface area contributed by atoms with Crippen molar-refractivity contribution >= 4 is 17.1 Å². The molecule has 1 saturated heterocycles. The van der Waals surface area contributed by atoms with Crippen molar-refractivity contribution in [2.75, 3.05) is 31.1 Å². The Kier molecular flexibility index (Phi) is 5.42. The lowest BCUT2D eigenvalue weighted by atomic mass is 10.2. The lowest BCUT2D eigenvalue weighted by Gasteiger charge is -2.35. The minimum absolute atomic E-state index is 0.262. The molecule has 3 aromatic rings. The molecule has 30 heavy (non-hydrogen) atoms. The zero-order valence-electron chi connectivity index (χ0n) is 17.3. The molecule has 3 heterocycles. The SMILES string of the molecule is Cn1c(=O)c2c(nc(N3CCN(Cc4ccccc4)CC3)n2CCC#N)n(C)c1=O. The van der Waals surface area contributed by atoms with E-state index in [0.717, 1.165) is 37.3 Å². The van der Waals surface area contributed by atoms with E-state index in [1.807, 2.05) is 18.2 Å². The first-order valence-corrected chi connectivity index (χ1v) is 10.1. The number of benzene rings is 1. The Hall–Kier alpha value is -3.38. The van der Waals surface area contributed by atoms with Crippen molar-refractivity contribution in [3.8, 4) is 6.07 Å². The molecule has 1 fully saturated rings. The van der Waals surface area contributed by atoms with Crippen LogP contribution in [0, 0.1) is 11.3 Å². The average molecular weight is 407 g/mol. The molecule has 9 heteroatoms. The van der Waals surface area contributed by atoms with Crippen molar-refractivity contribution in [2.24, 2.45) is 14.1 Å². The summed E-state index contributed by atoms with van der Waals surface area (Å²) < 4.78 is 4.29. The first-order chi connectivity index (χ1) is 14.5. The van der Waals surface area contributed by atoms with Crippen molar-refractivity contribution in [2.45, 2.75) is 19.5 Å². The van der Waals surface area contributed by atoms with Crippen LogP contribution in [0.3, 0.4) is 0 Å². The van der Waals surface area contributed by atoms with E-state index in [1.54, 1.807) is 11.6 Å². The van der Waals surface area contributed by atoms with Gasteiger partial charge in [-0.1, -0.05) is 30.3 Å². The first-order valence-electron chi connectivity index (χ1n) is 10.1. The van der Waals surface area contributed by atoms with Crippen LogP contribution in [-0.4, -0.2) is 49.8 Å². The Bertz CT molecular complexity index is 1210. The van der Waals surface area contributed by atoms with Crippen molar-refractivity contribution in [1.82, 2.24) is 23.6 Å². The minimum Gasteiger partial charge on any atom is -0.340 e. The van der Waals surface area contributed by atoms with Crippen molar-refractivity contribution in [1.29, 1.82) is 5.26 Å². The van der Waals surface area contributed by atoms with Crippen molar-refractivity contribution in [3.63, 3.8) is 0 Å². The summed E-state index contributed by atoms with van der Waals surface area (Å²) in [4.78, 5) is 34.4. The molecule has 0 spiro atoms. The van der Waals surface area contributed by atoms with Gasteiger partial charge in [0.2, 0.25) is 5.95 Å². The van der Waals surface area contributed by atoms with E-state index >= 15 is 0 Å². The van der Waals surface area contributed by atoms with Gasteiger partial charge in [0.1, 0.15) is 0 Å². The van der Waals surface area contributed by atoms with Crippen LogP contribution in [0.4, 0.5) is 5.95 Å². The van der Waals surface area contributed by atoms with E-state index in [9.17, 15) is 9.59 Å². The predicted molar refractivity (Wildman–Crippen MR) is 114 cm³/mol. The molecule has 0 amide bonds. The van der Waals surface area contributed by atoms with Gasteiger partial charge in [-0.3, -0.25) is 18.8 Å². The monoisotopic (exact) mass is 407 g/mol. The third-order valence-electron chi connectivity index (χ3n) is 5.68. The van der Waals surface area contributed by atoms with Crippen LogP contribution in [0.2, 0.25) is 0 Å². The van der Waals surface area contributed by atoms with Gasteiger partial charge in [-0.15, -0.1) is 0 Å². The Balaban J connectivity index is 1.65. The molecule has 1 aromatic carbocycles. The quantitative estimate of drug-likeness (QED) is 0.617. The Labute approximate surface area is 174 Å². The summed E-state index contributed by atoms with van der Waals surface area (Å²) in [5.41, 5.74) is 1.23. The summed E-state index contributed by atoms with van der Waals surface area (Å²) in [7, 11) is 3.08. The second kappa shape index (κ2) is 8.16. The van der Waals surface area contributed by atoms with Crippen LogP contribution in [-0.2, 0) is 27.2 Å². The number of rotatable bonds is 5. The molecular weight excluding hydrogens is 382 g/mol. The highest BCUT2D eigenvalue weighted by molar-refractivity contribution is 5.74. The maximum atomic E-state index is 12.8. The standard InChI is InChI=1S/C21H25N7O2/c1-24-18-17(19(29)25(2)21(24)30)28(10-6-9-22)20(23-18)27-13-11-26(12-14-27)15-16-7-4-3-5-8-16/h3-5,7-8H,6,10-15H2,1-2H3. The Morgan fingerprint density at radius 2 is 1.73 bits per heavy atom. The van der Waals surface area contributed by atoms with E-state index in [1.165, 1.54) is 17.2 Å². The third kappa shape index (κ3) is 3.50. The number of anilines is 1. The first kappa shape index (κ1) is 19.9. The van der Waals surface area contributed by atoms with Crippen molar-refractivity contribution in [3.05, 3.63) is 56.7 Å². The summed E-state index contributed by atoms with van der Waals surface area (Å²) in [6, 6.07) is 12.5. The topological polar surface area (TPSA) is 92.1 Å². The molecule has 0 N–H and O–H groups in total. The van der Waals surface area contributed by atoms with Crippen LogP contribution in [0.25, 0.3) is 11.2 Å². The molecule has 4 rings (SSSR count). The summed E-state index contributed by atoms with van der Waals surface area (Å²) in [5, 5.41) is 9.09. The molecule has 1 aliphatic rings. The highest BCUT2D eigenvalue weighted by atomic mass is 16.2. The van der Waals surface area contributed by atoms with E-state index in [-0.39, 0.29) is 12.0 Å². The molecule has 0 unspecified atom stereocenters. The molecule has 0 radical (unpaired) electrons. The number of piperazine rings is 1. The number of imidazole rings is 1. The van der Waals surface area contributed by atoms with Crippen molar-refractivity contribution < 1.29 is 0 Å². The van der Waals surface area contributed by atoms with Gasteiger partial charge in [0, 0.05) is 53.4 Å². The highest BCUT2D eigenvalue weighted by Crippen LogP contribution is 2.22. The number of nitrogens with zero attached hydrogens (tertiary/aromatic N) is 7. The smallest absolute Gasteiger partial charge is 0.332 e. The fraction of sp³-hybridized carbons (Fsp3) is 0.429. The Morgan fingerprint density at radius 3 is 2.40 bits per heavy atom. The van der Waals surface area contributed by atoms with E-state index in [0.29, 0.717) is 23.7 Å². The molecule has 0 saturated carbocycles. The zero-order chi connectivity index (χ0) is 21.3. The molecule has 2 aromatic heterocycles. The maximum Gasteiger partial charge on any atom is 0.332 e. The van der Waals surface area contributed by atoms with Crippen LogP contribution >= 0.6 is 0 Å². The molecule has 0 bridgehead atoms. The van der Waals surface area contributed by atoms with E-state index in [4.69, 9.17) is 5.26 Å². The van der Waals surface area contributed by atoms with Gasteiger partial charge in [-0.25, -0.2) is 4.79 Å². The summed E-state index contributed by atoms with van der Waals surface area (Å²) in [6.07, 6.45) is 0.262. The second-order valence-corrected chi connectivity index (χ2v) is 7.60. The van der Waals surface area contributed by atoms with Gasteiger partial charge in [-0.05, 0) is 5.56 Å². The minimum atomic E-state index is -0.406. The number of aromatic nitrogens is 4. The Morgan fingerprint density at radius 1 is 1.03 bits per heavy atom. The van der Waals surface area contributed by atoms with Gasteiger partial charge in [0.05, 0.1) is 12.5 Å². The lowest BCUT2D eigenvalue weighted by Crippen LogP contribution is -2.46. The average Bonchev–Trinajstić information content (AvgIpc) is 3.15. The number of hydrogen-bond donors (Lipinski definition) is 0. The molecule has 156 valence electrons. The summed E-state index contributed by atoms with van der Waals surface area (Å²) in [6.45, 7) is 4.52. The van der Waals surface area contributed by atoms with Crippen LogP contribution in [0.15, 0.2) is 39.9 Å². The fourth-order valence-electron chi connectivity index (χ4n) is 4.00. The summed E-state index contributed by atoms with van der Waals surface area (Å²) >= 11 is 0. The van der Waals surface area contributed by atoms with E-state index < -0.39 is 5.69 Å².